The molecule has 0 aromatic rings. The maximum atomic E-state index is 11.2. The molecule has 0 saturated heterocycles. The molecule has 0 saturated carbocycles. The smallest absolute Gasteiger partial charge is 0.163 e. The summed E-state index contributed by atoms with van der Waals surface area (Å²) in [5.74, 6) is 0.0119. The Kier molecular flexibility index (Phi) is 5.09. The third kappa shape index (κ3) is 3.32. The van der Waals surface area contributed by atoms with Crippen LogP contribution in [0, 0.1) is 0 Å². The molecule has 3 nitrogen and oxygen atoms in total. The van der Waals surface area contributed by atoms with Gasteiger partial charge < -0.3 is 9.47 Å². The Hall–Kier alpha value is -0.410. The molecule has 0 aromatic carbocycles. The van der Waals surface area contributed by atoms with E-state index in [1.807, 2.05) is 6.92 Å². The van der Waals surface area contributed by atoms with Crippen LogP contribution in [-0.2, 0) is 14.3 Å². The lowest BCUT2D eigenvalue weighted by molar-refractivity contribution is -0.147. The molecular weight excluding hydrogens is 156 g/mol. The van der Waals surface area contributed by atoms with Gasteiger partial charge in [-0.15, -0.1) is 0 Å². The van der Waals surface area contributed by atoms with E-state index in [9.17, 15) is 4.79 Å². The van der Waals surface area contributed by atoms with Gasteiger partial charge >= 0.3 is 0 Å². The van der Waals surface area contributed by atoms with Crippen LogP contribution in [0.2, 0.25) is 0 Å². The van der Waals surface area contributed by atoms with Crippen molar-refractivity contribution in [2.24, 2.45) is 0 Å². The molecule has 0 radical (unpaired) electrons. The number of ketones is 1. The molecule has 0 bridgehead atoms. The van der Waals surface area contributed by atoms with Crippen LogP contribution < -0.4 is 0 Å². The van der Waals surface area contributed by atoms with Crippen molar-refractivity contribution >= 4 is 5.78 Å². The number of carbonyl (C=O) groups excluding carboxylic acids is 1. The summed E-state index contributed by atoms with van der Waals surface area (Å²) in [5.41, 5.74) is -0.759. The van der Waals surface area contributed by atoms with Crippen LogP contribution >= 0.6 is 0 Å². The van der Waals surface area contributed by atoms with Crippen molar-refractivity contribution in [3.8, 4) is 0 Å². The van der Waals surface area contributed by atoms with Crippen LogP contribution in [0.5, 0.6) is 0 Å². The molecular formula is C9H18O3. The highest BCUT2D eigenvalue weighted by atomic mass is 16.5. The Bertz CT molecular complexity index is 145. The first kappa shape index (κ1) is 11.6. The van der Waals surface area contributed by atoms with E-state index in [0.29, 0.717) is 13.2 Å². The number of carbonyl (C=O) groups is 1. The van der Waals surface area contributed by atoms with Gasteiger partial charge in [0, 0.05) is 13.7 Å². The Labute approximate surface area is 74.0 Å². The van der Waals surface area contributed by atoms with Gasteiger partial charge in [0.05, 0.1) is 6.61 Å². The standard InChI is InChI=1S/C9H18O3/c1-5-6-12-9(3,7-11-4)8(2)10/h5-7H2,1-4H3. The van der Waals surface area contributed by atoms with E-state index in [1.54, 1.807) is 14.0 Å². The minimum atomic E-state index is -0.759. The van der Waals surface area contributed by atoms with Gasteiger partial charge in [0.25, 0.3) is 0 Å². The van der Waals surface area contributed by atoms with Gasteiger partial charge in [0.2, 0.25) is 0 Å². The van der Waals surface area contributed by atoms with Crippen molar-refractivity contribution in [1.82, 2.24) is 0 Å². The Morgan fingerprint density at radius 2 is 2.08 bits per heavy atom. The Morgan fingerprint density at radius 1 is 1.50 bits per heavy atom. The molecule has 1 atom stereocenters. The summed E-state index contributed by atoms with van der Waals surface area (Å²) in [6.07, 6.45) is 0.909. The summed E-state index contributed by atoms with van der Waals surface area (Å²) >= 11 is 0. The largest absolute Gasteiger partial charge is 0.381 e. The van der Waals surface area contributed by atoms with E-state index in [2.05, 4.69) is 0 Å². The van der Waals surface area contributed by atoms with E-state index in [4.69, 9.17) is 9.47 Å². The van der Waals surface area contributed by atoms with E-state index in [-0.39, 0.29) is 5.78 Å². The third-order valence-electron chi connectivity index (χ3n) is 1.79. The average molecular weight is 174 g/mol. The summed E-state index contributed by atoms with van der Waals surface area (Å²) in [6.45, 7) is 6.21. The predicted molar refractivity (Wildman–Crippen MR) is 47.2 cm³/mol. The van der Waals surface area contributed by atoms with Gasteiger partial charge in [-0.25, -0.2) is 0 Å². The van der Waals surface area contributed by atoms with Crippen molar-refractivity contribution in [1.29, 1.82) is 0 Å². The quantitative estimate of drug-likeness (QED) is 0.610. The summed E-state index contributed by atoms with van der Waals surface area (Å²) in [5, 5.41) is 0. The van der Waals surface area contributed by atoms with Gasteiger partial charge in [-0.2, -0.15) is 0 Å². The fourth-order valence-electron chi connectivity index (χ4n) is 0.848. The summed E-state index contributed by atoms with van der Waals surface area (Å²) < 4.78 is 10.3. The highest BCUT2D eigenvalue weighted by molar-refractivity contribution is 5.84. The SMILES string of the molecule is CCCOC(C)(COC)C(C)=O. The molecule has 0 heterocycles. The number of rotatable bonds is 6. The molecule has 12 heavy (non-hydrogen) atoms. The molecule has 0 fully saturated rings. The lowest BCUT2D eigenvalue weighted by atomic mass is 10.0. The molecule has 3 heteroatoms. The van der Waals surface area contributed by atoms with Crippen LogP contribution in [-0.4, -0.2) is 31.7 Å². The monoisotopic (exact) mass is 174 g/mol. The van der Waals surface area contributed by atoms with Crippen LogP contribution in [0.4, 0.5) is 0 Å². The molecule has 0 aromatic heterocycles. The first-order valence-electron chi connectivity index (χ1n) is 4.20. The minimum Gasteiger partial charge on any atom is -0.381 e. The first-order valence-corrected chi connectivity index (χ1v) is 4.20. The molecule has 0 aliphatic heterocycles. The topological polar surface area (TPSA) is 35.5 Å². The molecule has 0 N–H and O–H groups in total. The molecule has 0 amide bonds. The van der Waals surface area contributed by atoms with E-state index < -0.39 is 5.60 Å². The van der Waals surface area contributed by atoms with E-state index in [0.717, 1.165) is 6.42 Å². The number of hydrogen-bond acceptors (Lipinski definition) is 3. The second kappa shape index (κ2) is 5.27. The fourth-order valence-corrected chi connectivity index (χ4v) is 0.848. The normalized spacial score (nSPS) is 15.7. The molecule has 72 valence electrons. The maximum Gasteiger partial charge on any atom is 0.163 e. The van der Waals surface area contributed by atoms with Crippen molar-refractivity contribution in [2.75, 3.05) is 20.3 Å². The summed E-state index contributed by atoms with van der Waals surface area (Å²) in [6, 6.07) is 0. The van der Waals surface area contributed by atoms with Crippen molar-refractivity contribution in [3.63, 3.8) is 0 Å². The van der Waals surface area contributed by atoms with Crippen molar-refractivity contribution in [2.45, 2.75) is 32.8 Å². The zero-order valence-electron chi connectivity index (χ0n) is 8.35. The van der Waals surface area contributed by atoms with Crippen LogP contribution in [0.3, 0.4) is 0 Å². The molecule has 1 unspecified atom stereocenters. The van der Waals surface area contributed by atoms with Gasteiger partial charge in [0.1, 0.15) is 5.60 Å². The van der Waals surface area contributed by atoms with Crippen LogP contribution in [0.25, 0.3) is 0 Å². The van der Waals surface area contributed by atoms with Gasteiger partial charge in [0.15, 0.2) is 5.78 Å². The maximum absolute atomic E-state index is 11.2. The second-order valence-electron chi connectivity index (χ2n) is 3.07. The van der Waals surface area contributed by atoms with E-state index >= 15 is 0 Å². The second-order valence-corrected chi connectivity index (χ2v) is 3.07. The average Bonchev–Trinajstić information content (AvgIpc) is 2.01. The van der Waals surface area contributed by atoms with Crippen molar-refractivity contribution < 1.29 is 14.3 Å². The van der Waals surface area contributed by atoms with Gasteiger partial charge in [-0.05, 0) is 20.3 Å². The highest BCUT2D eigenvalue weighted by Gasteiger charge is 2.30. The molecule has 0 rings (SSSR count). The Balaban J connectivity index is 4.08. The number of ether oxygens (including phenoxy) is 2. The predicted octanol–water partition coefficient (Wildman–Crippen LogP) is 1.41. The number of methoxy groups -OCH3 is 1. The van der Waals surface area contributed by atoms with Crippen LogP contribution in [0.15, 0.2) is 0 Å². The Morgan fingerprint density at radius 3 is 2.42 bits per heavy atom. The molecule has 0 aliphatic rings. The zero-order chi connectivity index (χ0) is 9.61. The minimum absolute atomic E-state index is 0.0119. The van der Waals surface area contributed by atoms with Gasteiger partial charge in [-0.1, -0.05) is 6.92 Å². The van der Waals surface area contributed by atoms with Crippen LogP contribution in [0.1, 0.15) is 27.2 Å². The fraction of sp³-hybridized carbons (Fsp3) is 0.889. The molecule has 0 spiro atoms. The number of hydrogen-bond donors (Lipinski definition) is 0. The third-order valence-corrected chi connectivity index (χ3v) is 1.79. The summed E-state index contributed by atoms with van der Waals surface area (Å²) in [7, 11) is 1.57. The lowest BCUT2D eigenvalue weighted by Gasteiger charge is -2.25. The lowest BCUT2D eigenvalue weighted by Crippen LogP contribution is -2.41. The van der Waals surface area contributed by atoms with E-state index in [1.165, 1.54) is 6.92 Å². The van der Waals surface area contributed by atoms with Gasteiger partial charge in [-0.3, -0.25) is 4.79 Å². The highest BCUT2D eigenvalue weighted by Crippen LogP contribution is 2.12. The first-order chi connectivity index (χ1) is 5.56. The van der Waals surface area contributed by atoms with Crippen molar-refractivity contribution in [3.05, 3.63) is 0 Å². The number of Topliss-reactive ketones (excluding diaryl/α,β-unsaturated/α-hetero) is 1. The molecule has 0 aliphatic carbocycles. The zero-order valence-corrected chi connectivity index (χ0v) is 8.35. The summed E-state index contributed by atoms with van der Waals surface area (Å²) in [4.78, 5) is 11.2.